The van der Waals surface area contributed by atoms with E-state index in [1.54, 1.807) is 12.1 Å². The van der Waals surface area contributed by atoms with Gasteiger partial charge in [0.15, 0.2) is 5.96 Å². The number of nitrogens with one attached hydrogen (secondary N) is 2. The third kappa shape index (κ3) is 9.05. The average molecular weight is 535 g/mol. The zero-order valence-electron chi connectivity index (χ0n) is 18.1. The predicted molar refractivity (Wildman–Crippen MR) is 127 cm³/mol. The number of carbonyl (C=O) groups excluding carboxylic acids is 1. The van der Waals surface area contributed by atoms with Crippen LogP contribution < -0.4 is 15.4 Å². The summed E-state index contributed by atoms with van der Waals surface area (Å²) in [5.41, 5.74) is 1.28. The quantitative estimate of drug-likeness (QED) is 0.148. The van der Waals surface area contributed by atoms with Gasteiger partial charge in [0.2, 0.25) is 0 Å². The fraction of sp³-hybridized carbons (Fsp3) is 0.619. The van der Waals surface area contributed by atoms with Crippen molar-refractivity contribution in [2.24, 2.45) is 4.99 Å². The summed E-state index contributed by atoms with van der Waals surface area (Å²) in [6, 6.07) is 5.39. The number of rotatable bonds is 11. The highest BCUT2D eigenvalue weighted by atomic mass is 127. The molecule has 0 saturated carbocycles. The molecular weight excluding hydrogens is 501 g/mol. The Morgan fingerprint density at radius 3 is 2.80 bits per heavy atom. The van der Waals surface area contributed by atoms with Gasteiger partial charge in [0, 0.05) is 26.3 Å². The SMILES string of the molecule is CCNC(=NCc1ccc(OC)c(C(=O)OC)c1)NCCCOCC1CCCO1.I. The van der Waals surface area contributed by atoms with Gasteiger partial charge in [0.25, 0.3) is 0 Å². The molecule has 1 atom stereocenters. The van der Waals surface area contributed by atoms with Crippen LogP contribution >= 0.6 is 24.0 Å². The van der Waals surface area contributed by atoms with Gasteiger partial charge in [0.05, 0.1) is 33.5 Å². The van der Waals surface area contributed by atoms with Crippen LogP contribution in [0, 0.1) is 0 Å². The molecule has 1 unspecified atom stereocenters. The maximum absolute atomic E-state index is 11.9. The van der Waals surface area contributed by atoms with Crippen LogP contribution in [0.3, 0.4) is 0 Å². The van der Waals surface area contributed by atoms with Crippen LogP contribution in [0.25, 0.3) is 0 Å². The minimum Gasteiger partial charge on any atom is -0.496 e. The monoisotopic (exact) mass is 535 g/mol. The summed E-state index contributed by atoms with van der Waals surface area (Å²) in [6.07, 6.45) is 3.37. The van der Waals surface area contributed by atoms with Gasteiger partial charge in [0.1, 0.15) is 11.3 Å². The smallest absolute Gasteiger partial charge is 0.341 e. The minimum absolute atomic E-state index is 0. The van der Waals surface area contributed by atoms with Crippen LogP contribution in [0.2, 0.25) is 0 Å². The van der Waals surface area contributed by atoms with E-state index in [2.05, 4.69) is 15.6 Å². The molecule has 0 spiro atoms. The molecule has 2 rings (SSSR count). The predicted octanol–water partition coefficient (Wildman–Crippen LogP) is 2.74. The Morgan fingerprint density at radius 1 is 1.30 bits per heavy atom. The molecule has 9 heteroatoms. The van der Waals surface area contributed by atoms with E-state index in [9.17, 15) is 4.79 Å². The second-order valence-electron chi connectivity index (χ2n) is 6.71. The molecule has 0 bridgehead atoms. The lowest BCUT2D eigenvalue weighted by Gasteiger charge is -2.13. The maximum atomic E-state index is 11.9. The molecule has 0 aliphatic carbocycles. The number of hydrogen-bond acceptors (Lipinski definition) is 6. The lowest BCUT2D eigenvalue weighted by atomic mass is 10.1. The Kier molecular flexibility index (Phi) is 13.4. The number of methoxy groups -OCH3 is 2. The molecule has 170 valence electrons. The molecule has 0 amide bonds. The number of hydrogen-bond donors (Lipinski definition) is 2. The summed E-state index contributed by atoms with van der Waals surface area (Å²) in [6.45, 7) is 6.18. The van der Waals surface area contributed by atoms with E-state index < -0.39 is 5.97 Å². The van der Waals surface area contributed by atoms with Gasteiger partial charge in [-0.05, 0) is 43.9 Å². The van der Waals surface area contributed by atoms with Gasteiger partial charge in [-0.2, -0.15) is 0 Å². The van der Waals surface area contributed by atoms with Crippen LogP contribution in [-0.4, -0.2) is 65.2 Å². The summed E-state index contributed by atoms with van der Waals surface area (Å²) in [5, 5.41) is 6.52. The third-order valence-corrected chi connectivity index (χ3v) is 4.52. The van der Waals surface area contributed by atoms with Crippen molar-refractivity contribution >= 4 is 35.9 Å². The highest BCUT2D eigenvalue weighted by molar-refractivity contribution is 14.0. The number of guanidine groups is 1. The lowest BCUT2D eigenvalue weighted by molar-refractivity contribution is 0.0168. The van der Waals surface area contributed by atoms with E-state index in [1.807, 2.05) is 13.0 Å². The first-order valence-electron chi connectivity index (χ1n) is 10.1. The summed E-state index contributed by atoms with van der Waals surface area (Å²) in [4.78, 5) is 16.5. The number of ether oxygens (including phenoxy) is 4. The number of halogens is 1. The van der Waals surface area contributed by atoms with Crippen molar-refractivity contribution in [3.05, 3.63) is 29.3 Å². The lowest BCUT2D eigenvalue weighted by Crippen LogP contribution is -2.38. The Morgan fingerprint density at radius 2 is 2.13 bits per heavy atom. The van der Waals surface area contributed by atoms with Crippen molar-refractivity contribution in [1.29, 1.82) is 0 Å². The standard InChI is InChI=1S/C21H33N3O5.HI/c1-4-22-21(23-10-6-11-28-15-17-7-5-12-29-17)24-14-16-8-9-19(26-2)18(13-16)20(25)27-3;/h8-9,13,17H,4-7,10-12,14-15H2,1-3H3,(H2,22,23,24);1H. The van der Waals surface area contributed by atoms with Crippen molar-refractivity contribution in [3.8, 4) is 5.75 Å². The minimum atomic E-state index is -0.430. The Hall–Kier alpha value is -1.59. The maximum Gasteiger partial charge on any atom is 0.341 e. The molecule has 0 radical (unpaired) electrons. The summed E-state index contributed by atoms with van der Waals surface area (Å²) in [5.74, 6) is 0.778. The van der Waals surface area contributed by atoms with Gasteiger partial charge in [-0.25, -0.2) is 9.79 Å². The molecule has 1 saturated heterocycles. The first-order chi connectivity index (χ1) is 14.2. The third-order valence-electron chi connectivity index (χ3n) is 4.52. The van der Waals surface area contributed by atoms with E-state index in [0.29, 0.717) is 31.1 Å². The summed E-state index contributed by atoms with van der Waals surface area (Å²) < 4.78 is 21.3. The summed E-state index contributed by atoms with van der Waals surface area (Å²) >= 11 is 0. The van der Waals surface area contributed by atoms with E-state index >= 15 is 0 Å². The van der Waals surface area contributed by atoms with E-state index in [-0.39, 0.29) is 30.1 Å². The van der Waals surface area contributed by atoms with E-state index in [4.69, 9.17) is 18.9 Å². The number of aliphatic imine (C=N–C) groups is 1. The van der Waals surface area contributed by atoms with Crippen LogP contribution in [0.5, 0.6) is 5.75 Å². The first kappa shape index (κ1) is 26.4. The van der Waals surface area contributed by atoms with Crippen molar-refractivity contribution in [2.75, 3.05) is 47.1 Å². The Bertz CT molecular complexity index is 666. The highest BCUT2D eigenvalue weighted by Gasteiger charge is 2.15. The molecule has 2 N–H and O–H groups in total. The molecule has 1 aromatic rings. The molecule has 1 fully saturated rings. The molecule has 1 heterocycles. The average Bonchev–Trinajstić information content (AvgIpc) is 3.27. The fourth-order valence-electron chi connectivity index (χ4n) is 3.01. The van der Waals surface area contributed by atoms with Crippen LogP contribution in [0.4, 0.5) is 0 Å². The van der Waals surface area contributed by atoms with Crippen molar-refractivity contribution in [1.82, 2.24) is 10.6 Å². The van der Waals surface area contributed by atoms with E-state index in [1.165, 1.54) is 14.2 Å². The van der Waals surface area contributed by atoms with Gasteiger partial charge in [-0.3, -0.25) is 0 Å². The van der Waals surface area contributed by atoms with Crippen molar-refractivity contribution in [2.45, 2.75) is 38.8 Å². The van der Waals surface area contributed by atoms with Gasteiger partial charge >= 0.3 is 5.97 Å². The zero-order valence-corrected chi connectivity index (χ0v) is 20.4. The molecule has 1 aliphatic rings. The van der Waals surface area contributed by atoms with E-state index in [0.717, 1.165) is 50.5 Å². The van der Waals surface area contributed by atoms with Gasteiger partial charge in [-0.1, -0.05) is 6.07 Å². The number of benzene rings is 1. The fourth-order valence-corrected chi connectivity index (χ4v) is 3.01. The zero-order chi connectivity index (χ0) is 20.9. The van der Waals surface area contributed by atoms with Crippen molar-refractivity contribution < 1.29 is 23.7 Å². The normalized spacial score (nSPS) is 16.0. The van der Waals surface area contributed by atoms with Gasteiger partial charge < -0.3 is 29.6 Å². The summed E-state index contributed by atoms with van der Waals surface area (Å²) in [7, 11) is 2.88. The number of carbonyl (C=O) groups is 1. The van der Waals surface area contributed by atoms with Gasteiger partial charge in [-0.15, -0.1) is 24.0 Å². The second kappa shape index (κ2) is 15.2. The highest BCUT2D eigenvalue weighted by Crippen LogP contribution is 2.21. The first-order valence-corrected chi connectivity index (χ1v) is 10.1. The molecule has 30 heavy (non-hydrogen) atoms. The van der Waals surface area contributed by atoms with Crippen molar-refractivity contribution in [3.63, 3.8) is 0 Å². The second-order valence-corrected chi connectivity index (χ2v) is 6.71. The van der Waals surface area contributed by atoms with Crippen LogP contribution in [-0.2, 0) is 20.8 Å². The Balaban J connectivity index is 0.00000450. The number of esters is 1. The Labute approximate surface area is 196 Å². The van der Waals surface area contributed by atoms with Crippen LogP contribution in [0.15, 0.2) is 23.2 Å². The van der Waals surface area contributed by atoms with Crippen LogP contribution in [0.1, 0.15) is 42.1 Å². The number of nitrogens with zero attached hydrogens (tertiary/aromatic N) is 1. The molecular formula is C21H34IN3O5. The largest absolute Gasteiger partial charge is 0.496 e. The molecule has 8 nitrogen and oxygen atoms in total. The molecule has 1 aliphatic heterocycles. The molecule has 1 aromatic carbocycles. The topological polar surface area (TPSA) is 90.4 Å². The molecule has 0 aromatic heterocycles.